The van der Waals surface area contributed by atoms with Gasteiger partial charge in [-0.2, -0.15) is 0 Å². The van der Waals surface area contributed by atoms with Gasteiger partial charge in [0.2, 0.25) is 0 Å². The number of carbonyl (C=O) groups is 1. The molecule has 5 heteroatoms. The first kappa shape index (κ1) is 17.8. The van der Waals surface area contributed by atoms with Crippen molar-refractivity contribution >= 4 is 40.3 Å². The van der Waals surface area contributed by atoms with Gasteiger partial charge in [0.1, 0.15) is 0 Å². The lowest BCUT2D eigenvalue weighted by atomic mass is 10.2. The van der Waals surface area contributed by atoms with E-state index in [1.807, 2.05) is 50.5 Å². The van der Waals surface area contributed by atoms with E-state index in [2.05, 4.69) is 27.7 Å². The third-order valence-electron chi connectivity index (χ3n) is 3.92. The van der Waals surface area contributed by atoms with Crippen LogP contribution in [0.15, 0.2) is 72.8 Å². The van der Waals surface area contributed by atoms with Crippen LogP contribution in [0.25, 0.3) is 0 Å². The topological polar surface area (TPSA) is 44.4 Å². The number of halogens is 1. The second-order valence-electron chi connectivity index (χ2n) is 6.10. The maximum atomic E-state index is 12.2. The van der Waals surface area contributed by atoms with Crippen LogP contribution >= 0.6 is 11.6 Å². The predicted octanol–water partition coefficient (Wildman–Crippen LogP) is 5.40. The SMILES string of the molecule is CN(C)c1ccc(Nc2ccc(NC(=O)c3ccc(Cl)cc3)cc2)cc1. The number of rotatable bonds is 5. The van der Waals surface area contributed by atoms with Gasteiger partial charge in [-0.3, -0.25) is 4.79 Å². The number of benzene rings is 3. The van der Waals surface area contributed by atoms with Gasteiger partial charge in [0.15, 0.2) is 0 Å². The summed E-state index contributed by atoms with van der Waals surface area (Å²) in [4.78, 5) is 14.3. The lowest BCUT2D eigenvalue weighted by Gasteiger charge is -2.13. The monoisotopic (exact) mass is 365 g/mol. The number of nitrogens with zero attached hydrogens (tertiary/aromatic N) is 1. The Kier molecular flexibility index (Phi) is 5.44. The average molecular weight is 366 g/mol. The van der Waals surface area contributed by atoms with Gasteiger partial charge in [0.25, 0.3) is 5.91 Å². The number of nitrogens with one attached hydrogen (secondary N) is 2. The summed E-state index contributed by atoms with van der Waals surface area (Å²) in [5.41, 5.74) is 4.41. The zero-order valence-corrected chi connectivity index (χ0v) is 15.4. The maximum Gasteiger partial charge on any atom is 0.255 e. The van der Waals surface area contributed by atoms with Crippen molar-refractivity contribution < 1.29 is 4.79 Å². The van der Waals surface area contributed by atoms with E-state index in [0.29, 0.717) is 10.6 Å². The Labute approximate surface area is 158 Å². The largest absolute Gasteiger partial charge is 0.378 e. The summed E-state index contributed by atoms with van der Waals surface area (Å²) < 4.78 is 0. The van der Waals surface area contributed by atoms with Crippen LogP contribution in [0.2, 0.25) is 5.02 Å². The molecule has 0 aliphatic rings. The molecule has 2 N–H and O–H groups in total. The van der Waals surface area contributed by atoms with E-state index in [9.17, 15) is 4.79 Å². The molecule has 26 heavy (non-hydrogen) atoms. The van der Waals surface area contributed by atoms with Crippen LogP contribution in [-0.4, -0.2) is 20.0 Å². The first-order valence-electron chi connectivity index (χ1n) is 8.23. The van der Waals surface area contributed by atoms with E-state index in [0.717, 1.165) is 22.7 Å². The van der Waals surface area contributed by atoms with Gasteiger partial charge < -0.3 is 15.5 Å². The summed E-state index contributed by atoms with van der Waals surface area (Å²) in [7, 11) is 4.03. The van der Waals surface area contributed by atoms with Crippen molar-refractivity contribution in [3.63, 3.8) is 0 Å². The molecular formula is C21H20ClN3O. The maximum absolute atomic E-state index is 12.2. The molecule has 0 aliphatic carbocycles. The number of carbonyl (C=O) groups excluding carboxylic acids is 1. The fourth-order valence-corrected chi connectivity index (χ4v) is 2.58. The molecule has 0 radical (unpaired) electrons. The van der Waals surface area contributed by atoms with Crippen LogP contribution in [0.4, 0.5) is 22.7 Å². The summed E-state index contributed by atoms with van der Waals surface area (Å²) >= 11 is 5.84. The minimum absolute atomic E-state index is 0.165. The van der Waals surface area contributed by atoms with Crippen LogP contribution in [0.1, 0.15) is 10.4 Å². The summed E-state index contributed by atoms with van der Waals surface area (Å²) in [5.74, 6) is -0.165. The Morgan fingerprint density at radius 3 is 1.81 bits per heavy atom. The van der Waals surface area contributed by atoms with E-state index in [1.165, 1.54) is 0 Å². The molecule has 4 nitrogen and oxygen atoms in total. The van der Waals surface area contributed by atoms with Gasteiger partial charge >= 0.3 is 0 Å². The van der Waals surface area contributed by atoms with E-state index in [-0.39, 0.29) is 5.91 Å². The molecule has 0 saturated carbocycles. The lowest BCUT2D eigenvalue weighted by Crippen LogP contribution is -2.11. The number of hydrogen-bond donors (Lipinski definition) is 2. The number of amides is 1. The fourth-order valence-electron chi connectivity index (χ4n) is 2.45. The molecule has 3 aromatic carbocycles. The normalized spacial score (nSPS) is 10.3. The first-order valence-corrected chi connectivity index (χ1v) is 8.60. The predicted molar refractivity (Wildman–Crippen MR) is 110 cm³/mol. The third-order valence-corrected chi connectivity index (χ3v) is 4.17. The van der Waals surface area contributed by atoms with Gasteiger partial charge in [-0.1, -0.05) is 11.6 Å². The minimum atomic E-state index is -0.165. The van der Waals surface area contributed by atoms with Crippen molar-refractivity contribution in [3.8, 4) is 0 Å². The van der Waals surface area contributed by atoms with E-state index in [1.54, 1.807) is 24.3 Å². The minimum Gasteiger partial charge on any atom is -0.378 e. The van der Waals surface area contributed by atoms with Gasteiger partial charge in [-0.15, -0.1) is 0 Å². The lowest BCUT2D eigenvalue weighted by molar-refractivity contribution is 0.102. The van der Waals surface area contributed by atoms with E-state index in [4.69, 9.17) is 11.6 Å². The molecular weight excluding hydrogens is 346 g/mol. The fraction of sp³-hybridized carbons (Fsp3) is 0.0952. The Morgan fingerprint density at radius 1 is 0.769 bits per heavy atom. The third kappa shape index (κ3) is 4.55. The molecule has 0 fully saturated rings. The molecule has 1 amide bonds. The summed E-state index contributed by atoms with van der Waals surface area (Å²) in [6.45, 7) is 0. The van der Waals surface area contributed by atoms with Crippen LogP contribution in [0.5, 0.6) is 0 Å². The van der Waals surface area contributed by atoms with E-state index >= 15 is 0 Å². The standard InChI is InChI=1S/C21H20ClN3O/c1-25(2)20-13-11-18(12-14-20)23-17-7-9-19(10-8-17)24-21(26)15-3-5-16(22)6-4-15/h3-14,23H,1-2H3,(H,24,26). The van der Waals surface area contributed by atoms with Gasteiger partial charge in [-0.25, -0.2) is 0 Å². The zero-order valence-electron chi connectivity index (χ0n) is 14.7. The second-order valence-corrected chi connectivity index (χ2v) is 6.54. The molecule has 0 heterocycles. The first-order chi connectivity index (χ1) is 12.5. The molecule has 0 atom stereocenters. The van der Waals surface area contributed by atoms with Crippen molar-refractivity contribution in [1.82, 2.24) is 0 Å². The molecule has 0 bridgehead atoms. The van der Waals surface area contributed by atoms with Crippen LogP contribution < -0.4 is 15.5 Å². The van der Waals surface area contributed by atoms with Gasteiger partial charge in [0, 0.05) is 47.4 Å². The summed E-state index contributed by atoms with van der Waals surface area (Å²) in [6.07, 6.45) is 0. The molecule has 132 valence electrons. The number of anilines is 4. The smallest absolute Gasteiger partial charge is 0.255 e. The molecule has 3 rings (SSSR count). The Bertz CT molecular complexity index is 873. The van der Waals surface area contributed by atoms with Crippen molar-refractivity contribution in [3.05, 3.63) is 83.4 Å². The Hall–Kier alpha value is -2.98. The van der Waals surface area contributed by atoms with Crippen molar-refractivity contribution in [1.29, 1.82) is 0 Å². The molecule has 0 spiro atoms. The summed E-state index contributed by atoms with van der Waals surface area (Å²) in [5, 5.41) is 6.82. The average Bonchev–Trinajstić information content (AvgIpc) is 2.64. The molecule has 0 unspecified atom stereocenters. The Morgan fingerprint density at radius 2 is 1.27 bits per heavy atom. The number of hydrogen-bond acceptors (Lipinski definition) is 3. The van der Waals surface area contributed by atoms with Crippen LogP contribution in [0, 0.1) is 0 Å². The highest BCUT2D eigenvalue weighted by atomic mass is 35.5. The van der Waals surface area contributed by atoms with Crippen molar-refractivity contribution in [2.75, 3.05) is 29.6 Å². The van der Waals surface area contributed by atoms with Crippen molar-refractivity contribution in [2.24, 2.45) is 0 Å². The second kappa shape index (κ2) is 7.93. The zero-order chi connectivity index (χ0) is 18.5. The Balaban J connectivity index is 1.62. The van der Waals surface area contributed by atoms with E-state index < -0.39 is 0 Å². The van der Waals surface area contributed by atoms with Gasteiger partial charge in [0.05, 0.1) is 0 Å². The quantitative estimate of drug-likeness (QED) is 0.636. The van der Waals surface area contributed by atoms with Crippen molar-refractivity contribution in [2.45, 2.75) is 0 Å². The summed E-state index contributed by atoms with van der Waals surface area (Å²) in [6, 6.07) is 22.6. The highest BCUT2D eigenvalue weighted by molar-refractivity contribution is 6.30. The van der Waals surface area contributed by atoms with Crippen LogP contribution in [0.3, 0.4) is 0 Å². The highest BCUT2D eigenvalue weighted by Gasteiger charge is 2.06. The molecule has 0 aliphatic heterocycles. The highest BCUT2D eigenvalue weighted by Crippen LogP contribution is 2.22. The van der Waals surface area contributed by atoms with Gasteiger partial charge in [-0.05, 0) is 72.8 Å². The van der Waals surface area contributed by atoms with Crippen LogP contribution in [-0.2, 0) is 0 Å². The molecule has 0 aromatic heterocycles. The molecule has 0 saturated heterocycles. The molecule has 3 aromatic rings.